The fraction of sp³-hybridized carbons (Fsp3) is 0.562. The molecule has 0 amide bonds. The summed E-state index contributed by atoms with van der Waals surface area (Å²) < 4.78 is 0. The van der Waals surface area contributed by atoms with Crippen molar-refractivity contribution in [1.29, 1.82) is 0 Å². The molecule has 0 aromatic heterocycles. The molecule has 1 aliphatic carbocycles. The summed E-state index contributed by atoms with van der Waals surface area (Å²) >= 11 is 6.14. The van der Waals surface area contributed by atoms with Crippen LogP contribution in [-0.4, -0.2) is 24.2 Å². The van der Waals surface area contributed by atoms with Crippen molar-refractivity contribution in [2.75, 3.05) is 18.0 Å². The highest BCUT2D eigenvalue weighted by atomic mass is 35.5. The van der Waals surface area contributed by atoms with Crippen molar-refractivity contribution in [3.05, 3.63) is 28.8 Å². The number of anilines is 1. The fourth-order valence-electron chi connectivity index (χ4n) is 3.43. The molecule has 0 spiro atoms. The minimum absolute atomic E-state index is 0.633. The molecule has 1 aliphatic heterocycles. The summed E-state index contributed by atoms with van der Waals surface area (Å²) in [6.07, 6.45) is 6.07. The van der Waals surface area contributed by atoms with E-state index in [1.807, 2.05) is 18.2 Å². The van der Waals surface area contributed by atoms with E-state index < -0.39 is 11.4 Å². The zero-order chi connectivity index (χ0) is 14.2. The number of carbonyl (C=O) groups is 1. The highest BCUT2D eigenvalue weighted by molar-refractivity contribution is 6.30. The van der Waals surface area contributed by atoms with Gasteiger partial charge in [-0.25, -0.2) is 0 Å². The standard InChI is InChI=1S/C16H20ClNO2/c17-12-5-6-14(18-9-2-1-3-10-18)13(11-12)16(15(19)20)7-4-8-16/h5-6,11H,1-4,7-10H2,(H,19,20). The maximum Gasteiger partial charge on any atom is 0.314 e. The monoisotopic (exact) mass is 293 g/mol. The molecule has 3 rings (SSSR count). The SMILES string of the molecule is O=C(O)C1(c2cc(Cl)ccc2N2CCCCC2)CCC1. The summed E-state index contributed by atoms with van der Waals surface area (Å²) in [5, 5.41) is 10.3. The van der Waals surface area contributed by atoms with Gasteiger partial charge in [-0.1, -0.05) is 18.0 Å². The fourth-order valence-corrected chi connectivity index (χ4v) is 3.60. The Bertz CT molecular complexity index is 519. The predicted molar refractivity (Wildman–Crippen MR) is 80.7 cm³/mol. The van der Waals surface area contributed by atoms with Crippen LogP contribution >= 0.6 is 11.6 Å². The van der Waals surface area contributed by atoms with Gasteiger partial charge in [0.25, 0.3) is 0 Å². The Hall–Kier alpha value is -1.22. The Morgan fingerprint density at radius 3 is 2.40 bits per heavy atom. The number of hydrogen-bond acceptors (Lipinski definition) is 2. The number of piperidine rings is 1. The van der Waals surface area contributed by atoms with Crippen LogP contribution in [0, 0.1) is 0 Å². The molecule has 1 saturated carbocycles. The van der Waals surface area contributed by atoms with Crippen molar-refractivity contribution >= 4 is 23.3 Å². The Labute approximate surface area is 124 Å². The van der Waals surface area contributed by atoms with Gasteiger partial charge in [-0.05, 0) is 55.9 Å². The van der Waals surface area contributed by atoms with Crippen LogP contribution in [0.5, 0.6) is 0 Å². The van der Waals surface area contributed by atoms with Crippen LogP contribution in [0.1, 0.15) is 44.1 Å². The van der Waals surface area contributed by atoms with Gasteiger partial charge in [0.05, 0.1) is 5.41 Å². The van der Waals surface area contributed by atoms with Gasteiger partial charge in [-0.2, -0.15) is 0 Å². The van der Waals surface area contributed by atoms with Crippen molar-refractivity contribution in [2.24, 2.45) is 0 Å². The van der Waals surface area contributed by atoms with Crippen molar-refractivity contribution < 1.29 is 9.90 Å². The first-order chi connectivity index (χ1) is 9.63. The van der Waals surface area contributed by atoms with Crippen molar-refractivity contribution in [1.82, 2.24) is 0 Å². The minimum atomic E-state index is -0.711. The quantitative estimate of drug-likeness (QED) is 0.920. The highest BCUT2D eigenvalue weighted by Gasteiger charge is 2.47. The molecule has 0 unspecified atom stereocenters. The van der Waals surface area contributed by atoms with E-state index in [9.17, 15) is 9.90 Å². The lowest BCUT2D eigenvalue weighted by molar-refractivity contribution is -0.147. The Kier molecular flexibility index (Phi) is 3.63. The van der Waals surface area contributed by atoms with E-state index in [1.165, 1.54) is 19.3 Å². The van der Waals surface area contributed by atoms with Crippen LogP contribution in [0.15, 0.2) is 18.2 Å². The maximum absolute atomic E-state index is 11.8. The van der Waals surface area contributed by atoms with Crippen LogP contribution in [0.25, 0.3) is 0 Å². The van der Waals surface area contributed by atoms with Gasteiger partial charge in [0.2, 0.25) is 0 Å². The molecule has 20 heavy (non-hydrogen) atoms. The minimum Gasteiger partial charge on any atom is -0.481 e. The van der Waals surface area contributed by atoms with E-state index >= 15 is 0 Å². The van der Waals surface area contributed by atoms with Crippen LogP contribution in [-0.2, 0) is 10.2 Å². The average molecular weight is 294 g/mol. The third kappa shape index (κ3) is 2.18. The average Bonchev–Trinajstić information content (AvgIpc) is 2.38. The van der Waals surface area contributed by atoms with Gasteiger partial charge in [-0.15, -0.1) is 0 Å². The summed E-state index contributed by atoms with van der Waals surface area (Å²) in [5.74, 6) is -0.704. The largest absolute Gasteiger partial charge is 0.481 e. The smallest absolute Gasteiger partial charge is 0.314 e. The normalized spacial score (nSPS) is 21.4. The highest BCUT2D eigenvalue weighted by Crippen LogP contribution is 2.48. The van der Waals surface area contributed by atoms with Gasteiger partial charge in [0, 0.05) is 23.8 Å². The first-order valence-corrected chi connectivity index (χ1v) is 7.80. The first-order valence-electron chi connectivity index (χ1n) is 7.42. The van der Waals surface area contributed by atoms with E-state index in [0.29, 0.717) is 5.02 Å². The predicted octanol–water partition coefficient (Wildman–Crippen LogP) is 3.84. The van der Waals surface area contributed by atoms with Gasteiger partial charge in [-0.3, -0.25) is 4.79 Å². The molecular weight excluding hydrogens is 274 g/mol. The molecule has 0 atom stereocenters. The summed E-state index contributed by atoms with van der Waals surface area (Å²) in [7, 11) is 0. The molecule has 1 aromatic carbocycles. The van der Waals surface area contributed by atoms with Crippen molar-refractivity contribution in [2.45, 2.75) is 43.9 Å². The number of benzene rings is 1. The van der Waals surface area contributed by atoms with E-state index in [1.54, 1.807) is 0 Å². The molecule has 0 radical (unpaired) electrons. The molecule has 108 valence electrons. The lowest BCUT2D eigenvalue weighted by Gasteiger charge is -2.42. The van der Waals surface area contributed by atoms with Gasteiger partial charge < -0.3 is 10.0 Å². The number of nitrogens with zero attached hydrogens (tertiary/aromatic N) is 1. The molecule has 4 heteroatoms. The third-order valence-electron chi connectivity index (χ3n) is 4.79. The summed E-state index contributed by atoms with van der Waals surface area (Å²) in [4.78, 5) is 14.1. The van der Waals surface area contributed by atoms with E-state index in [-0.39, 0.29) is 0 Å². The zero-order valence-corrected chi connectivity index (χ0v) is 12.3. The molecular formula is C16H20ClNO2. The van der Waals surface area contributed by atoms with E-state index in [0.717, 1.165) is 43.6 Å². The van der Waals surface area contributed by atoms with E-state index in [2.05, 4.69) is 4.90 Å². The molecule has 2 fully saturated rings. The van der Waals surface area contributed by atoms with Gasteiger partial charge >= 0.3 is 5.97 Å². The van der Waals surface area contributed by atoms with Gasteiger partial charge in [0.15, 0.2) is 0 Å². The van der Waals surface area contributed by atoms with Crippen LogP contribution in [0.2, 0.25) is 5.02 Å². The summed E-state index contributed by atoms with van der Waals surface area (Å²) in [6, 6.07) is 5.76. The maximum atomic E-state index is 11.8. The molecule has 1 N–H and O–H groups in total. The van der Waals surface area contributed by atoms with Crippen molar-refractivity contribution in [3.63, 3.8) is 0 Å². The second-order valence-corrected chi connectivity index (χ2v) is 6.39. The second kappa shape index (κ2) is 5.28. The zero-order valence-electron chi connectivity index (χ0n) is 11.6. The Morgan fingerprint density at radius 1 is 1.15 bits per heavy atom. The van der Waals surface area contributed by atoms with Crippen LogP contribution in [0.4, 0.5) is 5.69 Å². The molecule has 1 saturated heterocycles. The lowest BCUT2D eigenvalue weighted by atomic mass is 9.64. The number of carboxylic acids is 1. The molecule has 0 bridgehead atoms. The number of carboxylic acid groups (broad SMARTS) is 1. The molecule has 3 nitrogen and oxygen atoms in total. The third-order valence-corrected chi connectivity index (χ3v) is 5.02. The molecule has 1 heterocycles. The number of halogens is 1. The number of rotatable bonds is 3. The van der Waals surface area contributed by atoms with Crippen LogP contribution < -0.4 is 4.90 Å². The lowest BCUT2D eigenvalue weighted by Crippen LogP contribution is -2.44. The van der Waals surface area contributed by atoms with Gasteiger partial charge in [0.1, 0.15) is 0 Å². The Morgan fingerprint density at radius 2 is 1.85 bits per heavy atom. The second-order valence-electron chi connectivity index (χ2n) is 5.95. The summed E-state index contributed by atoms with van der Waals surface area (Å²) in [6.45, 7) is 2.04. The topological polar surface area (TPSA) is 40.5 Å². The van der Waals surface area contributed by atoms with Crippen molar-refractivity contribution in [3.8, 4) is 0 Å². The number of hydrogen-bond donors (Lipinski definition) is 1. The summed E-state index contributed by atoms with van der Waals surface area (Å²) in [5.41, 5.74) is 1.29. The molecule has 1 aromatic rings. The Balaban J connectivity index is 2.04. The molecule has 2 aliphatic rings. The van der Waals surface area contributed by atoms with Crippen LogP contribution in [0.3, 0.4) is 0 Å². The first kappa shape index (κ1) is 13.7. The number of aliphatic carboxylic acids is 1. The van der Waals surface area contributed by atoms with E-state index in [4.69, 9.17) is 11.6 Å².